The van der Waals surface area contributed by atoms with Crippen molar-refractivity contribution in [1.82, 2.24) is 0 Å². The lowest BCUT2D eigenvalue weighted by atomic mass is 10.1. The Kier molecular flexibility index (Phi) is 4.07. The minimum absolute atomic E-state index is 0.864. The number of aryl methyl sites for hydroxylation is 3. The van der Waals surface area contributed by atoms with Gasteiger partial charge in [0.25, 0.3) is 0 Å². The van der Waals surface area contributed by atoms with E-state index in [1.54, 1.807) is 0 Å². The van der Waals surface area contributed by atoms with Crippen LogP contribution in [-0.2, 0) is 6.54 Å². The molecular weight excluding hydrogens is 286 g/mol. The zero-order chi connectivity index (χ0) is 13.1. The molecule has 0 bridgehead atoms. The fraction of sp³-hybridized carbons (Fsp3) is 0.250. The van der Waals surface area contributed by atoms with E-state index in [0.29, 0.717) is 0 Å². The standard InChI is InChI=1S/C16H18BrN/c1-11-4-5-12(2)14(8-11)10-18-15-7-6-13(3)16(17)9-15/h4-9,18H,10H2,1-3H3. The molecule has 18 heavy (non-hydrogen) atoms. The van der Waals surface area contributed by atoms with Gasteiger partial charge >= 0.3 is 0 Å². The van der Waals surface area contributed by atoms with Crippen molar-refractivity contribution in [1.29, 1.82) is 0 Å². The highest BCUT2D eigenvalue weighted by Gasteiger charge is 2.00. The molecule has 2 rings (SSSR count). The minimum Gasteiger partial charge on any atom is -0.381 e. The zero-order valence-corrected chi connectivity index (χ0v) is 12.6. The lowest BCUT2D eigenvalue weighted by molar-refractivity contribution is 1.11. The fourth-order valence-corrected chi connectivity index (χ4v) is 2.27. The summed E-state index contributed by atoms with van der Waals surface area (Å²) in [6.45, 7) is 7.24. The molecule has 0 aliphatic rings. The van der Waals surface area contributed by atoms with E-state index >= 15 is 0 Å². The average molecular weight is 304 g/mol. The molecule has 0 radical (unpaired) electrons. The second kappa shape index (κ2) is 5.57. The number of rotatable bonds is 3. The SMILES string of the molecule is Cc1ccc(C)c(CNc2ccc(C)c(Br)c2)c1. The summed E-state index contributed by atoms with van der Waals surface area (Å²) in [5, 5.41) is 3.47. The molecule has 2 aromatic carbocycles. The van der Waals surface area contributed by atoms with Gasteiger partial charge in [0.15, 0.2) is 0 Å². The van der Waals surface area contributed by atoms with Crippen LogP contribution in [0.2, 0.25) is 0 Å². The summed E-state index contributed by atoms with van der Waals surface area (Å²) in [4.78, 5) is 0. The van der Waals surface area contributed by atoms with E-state index in [-0.39, 0.29) is 0 Å². The first-order valence-corrected chi connectivity index (χ1v) is 6.92. The maximum atomic E-state index is 3.56. The molecule has 1 N–H and O–H groups in total. The Balaban J connectivity index is 2.11. The number of nitrogens with one attached hydrogen (secondary N) is 1. The van der Waals surface area contributed by atoms with Crippen LogP contribution in [0.1, 0.15) is 22.3 Å². The second-order valence-corrected chi connectivity index (χ2v) is 5.60. The van der Waals surface area contributed by atoms with Crippen molar-refractivity contribution in [3.05, 3.63) is 63.1 Å². The van der Waals surface area contributed by atoms with Crippen molar-refractivity contribution in [3.63, 3.8) is 0 Å². The predicted molar refractivity (Wildman–Crippen MR) is 82.1 cm³/mol. The maximum absolute atomic E-state index is 3.56. The lowest BCUT2D eigenvalue weighted by Gasteiger charge is -2.11. The highest BCUT2D eigenvalue weighted by molar-refractivity contribution is 9.10. The molecule has 1 nitrogen and oxygen atoms in total. The Morgan fingerprint density at radius 1 is 0.944 bits per heavy atom. The second-order valence-electron chi connectivity index (χ2n) is 4.75. The highest BCUT2D eigenvalue weighted by Crippen LogP contribution is 2.21. The summed E-state index contributed by atoms with van der Waals surface area (Å²) >= 11 is 3.56. The van der Waals surface area contributed by atoms with E-state index in [0.717, 1.165) is 16.7 Å². The molecule has 0 aliphatic heterocycles. The van der Waals surface area contributed by atoms with E-state index in [9.17, 15) is 0 Å². The molecule has 94 valence electrons. The largest absolute Gasteiger partial charge is 0.381 e. The van der Waals surface area contributed by atoms with E-state index in [1.165, 1.54) is 22.3 Å². The van der Waals surface area contributed by atoms with Gasteiger partial charge in [-0.3, -0.25) is 0 Å². The van der Waals surface area contributed by atoms with Crippen molar-refractivity contribution >= 4 is 21.6 Å². The molecule has 2 heteroatoms. The van der Waals surface area contributed by atoms with Gasteiger partial charge in [0, 0.05) is 16.7 Å². The number of hydrogen-bond acceptors (Lipinski definition) is 1. The number of anilines is 1. The summed E-state index contributed by atoms with van der Waals surface area (Å²) in [7, 11) is 0. The number of halogens is 1. The third-order valence-electron chi connectivity index (χ3n) is 3.16. The first-order valence-electron chi connectivity index (χ1n) is 6.12. The summed E-state index contributed by atoms with van der Waals surface area (Å²) < 4.78 is 1.15. The Morgan fingerprint density at radius 3 is 2.39 bits per heavy atom. The van der Waals surface area contributed by atoms with Crippen LogP contribution < -0.4 is 5.32 Å². The Bertz CT molecular complexity index is 561. The Hall–Kier alpha value is -1.28. The van der Waals surface area contributed by atoms with Gasteiger partial charge in [-0.05, 0) is 49.6 Å². The molecule has 0 spiro atoms. The first kappa shape index (κ1) is 13.2. The Morgan fingerprint density at radius 2 is 1.67 bits per heavy atom. The summed E-state index contributed by atoms with van der Waals surface area (Å²) in [6.07, 6.45) is 0. The van der Waals surface area contributed by atoms with Crippen molar-refractivity contribution in [3.8, 4) is 0 Å². The van der Waals surface area contributed by atoms with Gasteiger partial charge in [-0.1, -0.05) is 45.8 Å². The van der Waals surface area contributed by atoms with E-state index in [4.69, 9.17) is 0 Å². The lowest BCUT2D eigenvalue weighted by Crippen LogP contribution is -2.01. The molecule has 0 heterocycles. The van der Waals surface area contributed by atoms with Gasteiger partial charge in [0.1, 0.15) is 0 Å². The van der Waals surface area contributed by atoms with Crippen LogP contribution in [0.15, 0.2) is 40.9 Å². The number of benzene rings is 2. The highest BCUT2D eigenvalue weighted by atomic mass is 79.9. The van der Waals surface area contributed by atoms with Crippen molar-refractivity contribution in [2.75, 3.05) is 5.32 Å². The van der Waals surface area contributed by atoms with Crippen LogP contribution in [0.25, 0.3) is 0 Å². The molecule has 0 unspecified atom stereocenters. The van der Waals surface area contributed by atoms with Crippen LogP contribution in [0.4, 0.5) is 5.69 Å². The van der Waals surface area contributed by atoms with Gasteiger partial charge in [-0.25, -0.2) is 0 Å². The fourth-order valence-electron chi connectivity index (χ4n) is 1.89. The molecular formula is C16H18BrN. The van der Waals surface area contributed by atoms with E-state index in [2.05, 4.69) is 78.4 Å². The maximum Gasteiger partial charge on any atom is 0.0403 e. The van der Waals surface area contributed by atoms with Crippen molar-refractivity contribution < 1.29 is 0 Å². The third-order valence-corrected chi connectivity index (χ3v) is 4.01. The van der Waals surface area contributed by atoms with Crippen LogP contribution >= 0.6 is 15.9 Å². The predicted octanol–water partition coefficient (Wildman–Crippen LogP) is 4.99. The smallest absolute Gasteiger partial charge is 0.0403 e. The van der Waals surface area contributed by atoms with Crippen molar-refractivity contribution in [2.45, 2.75) is 27.3 Å². The van der Waals surface area contributed by atoms with E-state index in [1.807, 2.05) is 0 Å². The first-order chi connectivity index (χ1) is 8.56. The van der Waals surface area contributed by atoms with Crippen LogP contribution in [0.5, 0.6) is 0 Å². The molecule has 0 saturated heterocycles. The Labute approximate surface area is 117 Å². The van der Waals surface area contributed by atoms with Crippen LogP contribution in [0.3, 0.4) is 0 Å². The van der Waals surface area contributed by atoms with Gasteiger partial charge in [0.2, 0.25) is 0 Å². The molecule has 2 aromatic rings. The summed E-state index contributed by atoms with van der Waals surface area (Å²) in [5.41, 5.74) is 6.40. The molecule has 0 amide bonds. The molecule has 0 aromatic heterocycles. The van der Waals surface area contributed by atoms with Gasteiger partial charge in [0.05, 0.1) is 0 Å². The quantitative estimate of drug-likeness (QED) is 0.842. The summed E-state index contributed by atoms with van der Waals surface area (Å²) in [6, 6.07) is 12.9. The molecule has 0 aliphatic carbocycles. The molecule has 0 atom stereocenters. The van der Waals surface area contributed by atoms with Gasteiger partial charge < -0.3 is 5.32 Å². The monoisotopic (exact) mass is 303 g/mol. The minimum atomic E-state index is 0.864. The van der Waals surface area contributed by atoms with Crippen LogP contribution in [-0.4, -0.2) is 0 Å². The number of hydrogen-bond donors (Lipinski definition) is 1. The molecule has 0 saturated carbocycles. The molecule has 0 fully saturated rings. The van der Waals surface area contributed by atoms with Gasteiger partial charge in [-0.15, -0.1) is 0 Å². The van der Waals surface area contributed by atoms with Gasteiger partial charge in [-0.2, -0.15) is 0 Å². The third kappa shape index (κ3) is 3.14. The van der Waals surface area contributed by atoms with E-state index < -0.39 is 0 Å². The van der Waals surface area contributed by atoms with Crippen LogP contribution in [0, 0.1) is 20.8 Å². The zero-order valence-electron chi connectivity index (χ0n) is 11.0. The summed E-state index contributed by atoms with van der Waals surface area (Å²) in [5.74, 6) is 0. The van der Waals surface area contributed by atoms with Crippen molar-refractivity contribution in [2.24, 2.45) is 0 Å². The average Bonchev–Trinajstić information content (AvgIpc) is 2.34. The normalized spacial score (nSPS) is 10.4. The topological polar surface area (TPSA) is 12.0 Å².